The number of fused-ring (bicyclic) bond motifs is 8. The molecule has 0 amide bonds. The number of rotatable bonds is 1. The summed E-state index contributed by atoms with van der Waals surface area (Å²) in [6.07, 6.45) is 5.92. The topological polar surface area (TPSA) is 57.4 Å². The molecule has 5 heteroatoms. The number of H-pyrrole nitrogens is 2. The van der Waals surface area contributed by atoms with Crippen LogP contribution in [0, 0.1) is 5.82 Å². The van der Waals surface area contributed by atoms with Crippen LogP contribution < -0.4 is 0 Å². The average molecular weight is 404 g/mol. The van der Waals surface area contributed by atoms with E-state index in [2.05, 4.69) is 16.0 Å². The van der Waals surface area contributed by atoms with Crippen LogP contribution in [0.5, 0.6) is 0 Å². The van der Waals surface area contributed by atoms with Gasteiger partial charge in [-0.05, 0) is 84.5 Å². The molecule has 2 aliphatic rings. The van der Waals surface area contributed by atoms with Crippen molar-refractivity contribution in [2.75, 3.05) is 0 Å². The van der Waals surface area contributed by atoms with Gasteiger partial charge in [-0.15, -0.1) is 0 Å². The number of nitrogens with one attached hydrogen (secondary N) is 2. The molecule has 0 radical (unpaired) electrons. The number of aromatic nitrogens is 4. The first-order valence-corrected chi connectivity index (χ1v) is 10.0. The highest BCUT2D eigenvalue weighted by Gasteiger charge is 2.14. The molecule has 8 bridgehead atoms. The van der Waals surface area contributed by atoms with E-state index in [1.807, 2.05) is 66.8 Å². The summed E-state index contributed by atoms with van der Waals surface area (Å²) in [7, 11) is 0. The van der Waals surface area contributed by atoms with E-state index in [0.29, 0.717) is 0 Å². The van der Waals surface area contributed by atoms with Gasteiger partial charge in [0.05, 0.1) is 22.8 Å². The minimum atomic E-state index is -0.272. The van der Waals surface area contributed by atoms with Gasteiger partial charge in [-0.25, -0.2) is 14.4 Å². The van der Waals surface area contributed by atoms with E-state index < -0.39 is 0 Å². The predicted molar refractivity (Wildman–Crippen MR) is 123 cm³/mol. The maximum absolute atomic E-state index is 13.9. The van der Waals surface area contributed by atoms with Crippen molar-refractivity contribution in [2.24, 2.45) is 0 Å². The molecule has 4 nitrogen and oxygen atoms in total. The number of halogens is 1. The number of hydrogen-bond acceptors (Lipinski definition) is 2. The van der Waals surface area contributed by atoms with Gasteiger partial charge in [0, 0.05) is 27.6 Å². The zero-order chi connectivity index (χ0) is 20.8. The summed E-state index contributed by atoms with van der Waals surface area (Å²) < 4.78 is 13.9. The molecule has 148 valence electrons. The van der Waals surface area contributed by atoms with Gasteiger partial charge in [0.1, 0.15) is 5.82 Å². The first-order chi connectivity index (χ1) is 15.2. The van der Waals surface area contributed by atoms with E-state index in [1.165, 1.54) is 12.1 Å². The maximum atomic E-state index is 13.9. The smallest absolute Gasteiger partial charge is 0.123 e. The van der Waals surface area contributed by atoms with E-state index in [0.717, 1.165) is 56.0 Å². The van der Waals surface area contributed by atoms with Crippen molar-refractivity contribution in [1.82, 2.24) is 19.9 Å². The molecule has 0 atom stereocenters. The Morgan fingerprint density at radius 2 is 1.26 bits per heavy atom. The molecule has 0 aliphatic carbocycles. The molecule has 2 N–H and O–H groups in total. The van der Waals surface area contributed by atoms with Crippen LogP contribution >= 0.6 is 0 Å². The van der Waals surface area contributed by atoms with E-state index in [9.17, 15) is 4.39 Å². The van der Waals surface area contributed by atoms with Gasteiger partial charge in [-0.3, -0.25) is 0 Å². The lowest BCUT2D eigenvalue weighted by Gasteiger charge is -2.02. The predicted octanol–water partition coefficient (Wildman–Crippen LogP) is 6.21. The Balaban J connectivity index is 1.64. The highest BCUT2D eigenvalue weighted by atomic mass is 19.1. The molecule has 2 aliphatic heterocycles. The Labute approximate surface area is 177 Å². The van der Waals surface area contributed by atoms with Crippen molar-refractivity contribution in [3.05, 3.63) is 107 Å². The minimum absolute atomic E-state index is 0.272. The summed E-state index contributed by atoms with van der Waals surface area (Å²) in [5.74, 6) is -0.272. The summed E-state index contributed by atoms with van der Waals surface area (Å²) in [6, 6.07) is 22.7. The Bertz CT molecular complexity index is 1550. The summed E-state index contributed by atoms with van der Waals surface area (Å²) in [4.78, 5) is 16.3. The normalized spacial score (nSPS) is 12.7. The highest BCUT2D eigenvalue weighted by molar-refractivity contribution is 5.93. The summed E-state index contributed by atoms with van der Waals surface area (Å²) in [5.41, 5.74) is 8.80. The third kappa shape index (κ3) is 3.46. The number of hydrogen-bond donors (Lipinski definition) is 2. The average Bonchev–Trinajstić information content (AvgIpc) is 3.53. The number of aromatic amines is 2. The Kier molecular flexibility index (Phi) is 3.93. The molecule has 4 aromatic rings. The lowest BCUT2D eigenvalue weighted by atomic mass is 10.0. The van der Waals surface area contributed by atoms with Crippen molar-refractivity contribution in [3.63, 3.8) is 0 Å². The standard InChI is InChI=1S/C26H17FN4/c27-17-3-1-2-16(10-17)25-14-24-13-22-7-6-20(29-22)11-18-4-5-19(28-18)12-21-8-9-23(30-21)15-26(25)31-24/h1-15,28-29H. The number of benzene rings is 1. The van der Waals surface area contributed by atoms with Crippen LogP contribution in [-0.4, -0.2) is 19.9 Å². The maximum Gasteiger partial charge on any atom is 0.123 e. The Morgan fingerprint density at radius 3 is 1.97 bits per heavy atom. The summed E-state index contributed by atoms with van der Waals surface area (Å²) in [5, 5.41) is 0. The van der Waals surface area contributed by atoms with Crippen LogP contribution in [0.2, 0.25) is 0 Å². The molecule has 31 heavy (non-hydrogen) atoms. The first kappa shape index (κ1) is 17.6. The van der Waals surface area contributed by atoms with Crippen LogP contribution in [0.4, 0.5) is 4.39 Å². The molecular weight excluding hydrogens is 387 g/mol. The van der Waals surface area contributed by atoms with E-state index in [4.69, 9.17) is 9.97 Å². The Morgan fingerprint density at radius 1 is 0.613 bits per heavy atom. The zero-order valence-corrected chi connectivity index (χ0v) is 16.4. The molecule has 0 saturated heterocycles. The second kappa shape index (κ2) is 6.92. The fourth-order valence-electron chi connectivity index (χ4n) is 3.90. The summed E-state index contributed by atoms with van der Waals surface area (Å²) >= 11 is 0. The van der Waals surface area contributed by atoms with Gasteiger partial charge in [0.15, 0.2) is 0 Å². The zero-order valence-electron chi connectivity index (χ0n) is 16.4. The van der Waals surface area contributed by atoms with Gasteiger partial charge < -0.3 is 9.97 Å². The van der Waals surface area contributed by atoms with Crippen molar-refractivity contribution in [3.8, 4) is 0 Å². The monoisotopic (exact) mass is 404 g/mol. The molecule has 3 aromatic heterocycles. The van der Waals surface area contributed by atoms with Crippen molar-refractivity contribution in [1.29, 1.82) is 0 Å². The molecule has 1 aromatic carbocycles. The molecule has 6 rings (SSSR count). The third-order valence-corrected chi connectivity index (χ3v) is 5.30. The van der Waals surface area contributed by atoms with E-state index in [1.54, 1.807) is 6.07 Å². The highest BCUT2D eigenvalue weighted by Crippen LogP contribution is 2.29. The molecule has 0 fully saturated rings. The van der Waals surface area contributed by atoms with Gasteiger partial charge in [0.25, 0.3) is 0 Å². The molecule has 0 spiro atoms. The van der Waals surface area contributed by atoms with Gasteiger partial charge in [0.2, 0.25) is 0 Å². The molecular formula is C26H17FN4. The lowest BCUT2D eigenvalue weighted by molar-refractivity contribution is 0.627. The molecule has 5 heterocycles. The van der Waals surface area contributed by atoms with E-state index in [-0.39, 0.29) is 5.82 Å². The van der Waals surface area contributed by atoms with Crippen LogP contribution in [-0.2, 0) is 0 Å². The number of nitrogens with zero attached hydrogens (tertiary/aromatic N) is 2. The van der Waals surface area contributed by atoms with Gasteiger partial charge in [-0.1, -0.05) is 12.1 Å². The van der Waals surface area contributed by atoms with Crippen LogP contribution in [0.15, 0.2) is 72.8 Å². The van der Waals surface area contributed by atoms with Crippen LogP contribution in [0.25, 0.3) is 45.9 Å². The van der Waals surface area contributed by atoms with Gasteiger partial charge >= 0.3 is 0 Å². The fourth-order valence-corrected chi connectivity index (χ4v) is 3.90. The summed E-state index contributed by atoms with van der Waals surface area (Å²) in [6.45, 7) is 0. The third-order valence-electron chi connectivity index (χ3n) is 5.30. The second-order valence-electron chi connectivity index (χ2n) is 7.60. The van der Waals surface area contributed by atoms with E-state index >= 15 is 0 Å². The minimum Gasteiger partial charge on any atom is -0.355 e. The van der Waals surface area contributed by atoms with Gasteiger partial charge in [-0.2, -0.15) is 0 Å². The molecule has 0 saturated carbocycles. The van der Waals surface area contributed by atoms with Crippen LogP contribution in [0.3, 0.4) is 0 Å². The second-order valence-corrected chi connectivity index (χ2v) is 7.60. The largest absolute Gasteiger partial charge is 0.355 e. The Hall–Kier alpha value is -4.25. The van der Waals surface area contributed by atoms with Crippen molar-refractivity contribution >= 4 is 45.9 Å². The van der Waals surface area contributed by atoms with Crippen molar-refractivity contribution in [2.45, 2.75) is 0 Å². The van der Waals surface area contributed by atoms with Crippen molar-refractivity contribution < 1.29 is 4.39 Å². The first-order valence-electron chi connectivity index (χ1n) is 10.0. The quantitative estimate of drug-likeness (QED) is 0.342. The molecule has 0 unspecified atom stereocenters. The fraction of sp³-hybridized carbons (Fsp3) is 0. The van der Waals surface area contributed by atoms with Crippen LogP contribution in [0.1, 0.15) is 28.3 Å². The lowest BCUT2D eigenvalue weighted by Crippen LogP contribution is -1.87. The SMILES string of the molecule is Fc1cccc(C2=Cc3cc4ccc(cc5ccc(cc6nc(cc2n3)C=C6)[nH]5)[nH]4)c1.